The highest BCUT2D eigenvalue weighted by atomic mass is 35.5. The Morgan fingerprint density at radius 2 is 1.97 bits per heavy atom. The minimum Gasteiger partial charge on any atom is -0.488 e. The normalized spacial score (nSPS) is 22.6. The number of nitrogens with one attached hydrogen (secondary N) is 1. The molecular weight excluding hydrogens is 434 g/mol. The van der Waals surface area contributed by atoms with E-state index >= 15 is 0 Å². The fourth-order valence-electron chi connectivity index (χ4n) is 5.31. The summed E-state index contributed by atoms with van der Waals surface area (Å²) in [4.78, 5) is 15.4. The third-order valence-electron chi connectivity index (χ3n) is 7.12. The molecular formula is C27H28ClN3O2. The number of nitrogens with zero attached hydrogens (tertiary/aromatic N) is 2. The van der Waals surface area contributed by atoms with Gasteiger partial charge in [-0.25, -0.2) is 0 Å². The molecule has 1 N–H and O–H groups in total. The maximum absolute atomic E-state index is 12.9. The smallest absolute Gasteiger partial charge is 0.250 e. The van der Waals surface area contributed by atoms with Gasteiger partial charge in [0.15, 0.2) is 0 Å². The van der Waals surface area contributed by atoms with E-state index in [0.29, 0.717) is 16.6 Å². The maximum Gasteiger partial charge on any atom is 0.250 e. The summed E-state index contributed by atoms with van der Waals surface area (Å²) in [5, 5.41) is 13.1. The SMILES string of the molecule is N#Cc1ccc2c(c1)CN(C1CCC(NC(=O)C3=Cc4cc(Cl)ccc4OC3)CC1)CCC2. The van der Waals surface area contributed by atoms with Gasteiger partial charge >= 0.3 is 0 Å². The van der Waals surface area contributed by atoms with Gasteiger partial charge in [-0.05, 0) is 92.6 Å². The van der Waals surface area contributed by atoms with Gasteiger partial charge in [0.2, 0.25) is 0 Å². The van der Waals surface area contributed by atoms with E-state index in [-0.39, 0.29) is 18.6 Å². The van der Waals surface area contributed by atoms with Crippen LogP contribution in [0.15, 0.2) is 42.0 Å². The molecule has 1 saturated carbocycles. The Hall–Kier alpha value is -2.81. The minimum absolute atomic E-state index is 0.0446. The highest BCUT2D eigenvalue weighted by Gasteiger charge is 2.29. The predicted molar refractivity (Wildman–Crippen MR) is 129 cm³/mol. The average Bonchev–Trinajstić information content (AvgIpc) is 3.06. The van der Waals surface area contributed by atoms with Crippen molar-refractivity contribution in [2.45, 2.75) is 57.2 Å². The topological polar surface area (TPSA) is 65.4 Å². The first kappa shape index (κ1) is 22.0. The van der Waals surface area contributed by atoms with Gasteiger partial charge in [-0.3, -0.25) is 9.69 Å². The number of halogens is 1. The summed E-state index contributed by atoms with van der Waals surface area (Å²) in [6.45, 7) is 2.29. The Labute approximate surface area is 200 Å². The predicted octanol–water partition coefficient (Wildman–Crippen LogP) is 4.86. The van der Waals surface area contributed by atoms with Crippen molar-refractivity contribution >= 4 is 23.6 Å². The first-order valence-electron chi connectivity index (χ1n) is 11.8. The Kier molecular flexibility index (Phi) is 6.39. The molecule has 2 heterocycles. The summed E-state index contributed by atoms with van der Waals surface area (Å²) in [6.07, 6.45) is 8.22. The Bertz CT molecular complexity index is 1130. The lowest BCUT2D eigenvalue weighted by atomic mass is 9.89. The first-order chi connectivity index (χ1) is 16.1. The third-order valence-corrected chi connectivity index (χ3v) is 7.36. The molecule has 0 saturated heterocycles. The second-order valence-electron chi connectivity index (χ2n) is 9.29. The number of nitriles is 1. The lowest BCUT2D eigenvalue weighted by Crippen LogP contribution is -2.44. The van der Waals surface area contributed by atoms with Crippen molar-refractivity contribution in [3.05, 3.63) is 69.2 Å². The molecule has 1 aliphatic carbocycles. The lowest BCUT2D eigenvalue weighted by Gasteiger charge is -2.37. The van der Waals surface area contributed by atoms with Gasteiger partial charge in [-0.2, -0.15) is 5.26 Å². The van der Waals surface area contributed by atoms with E-state index in [1.807, 2.05) is 24.3 Å². The van der Waals surface area contributed by atoms with E-state index in [1.165, 1.54) is 11.1 Å². The van der Waals surface area contributed by atoms with Crippen molar-refractivity contribution in [1.29, 1.82) is 5.26 Å². The van der Waals surface area contributed by atoms with Gasteiger partial charge in [0.1, 0.15) is 12.4 Å². The summed E-state index contributed by atoms with van der Waals surface area (Å²) in [5.74, 6) is 0.717. The van der Waals surface area contributed by atoms with Gasteiger partial charge in [0.05, 0.1) is 17.2 Å². The van der Waals surface area contributed by atoms with Crippen LogP contribution in [-0.4, -0.2) is 36.0 Å². The zero-order valence-electron chi connectivity index (χ0n) is 18.6. The number of carbonyl (C=O) groups excluding carboxylic acids is 1. The molecule has 3 aliphatic rings. The van der Waals surface area contributed by atoms with Crippen LogP contribution in [-0.2, 0) is 17.8 Å². The second kappa shape index (κ2) is 9.59. The molecule has 5 rings (SSSR count). The van der Waals surface area contributed by atoms with Gasteiger partial charge < -0.3 is 10.1 Å². The quantitative estimate of drug-likeness (QED) is 0.708. The van der Waals surface area contributed by atoms with E-state index in [9.17, 15) is 10.1 Å². The molecule has 170 valence electrons. The molecule has 0 bridgehead atoms. The van der Waals surface area contributed by atoms with E-state index in [2.05, 4.69) is 28.4 Å². The summed E-state index contributed by atoms with van der Waals surface area (Å²) in [5.41, 5.74) is 4.91. The van der Waals surface area contributed by atoms with Crippen molar-refractivity contribution < 1.29 is 9.53 Å². The van der Waals surface area contributed by atoms with Gasteiger partial charge in [-0.15, -0.1) is 0 Å². The van der Waals surface area contributed by atoms with E-state index in [1.54, 1.807) is 6.07 Å². The number of benzene rings is 2. The molecule has 33 heavy (non-hydrogen) atoms. The van der Waals surface area contributed by atoms with Crippen LogP contribution in [0.2, 0.25) is 5.02 Å². The number of fused-ring (bicyclic) bond motifs is 2. The molecule has 2 aromatic rings. The molecule has 0 unspecified atom stereocenters. The van der Waals surface area contributed by atoms with Gasteiger partial charge in [0, 0.05) is 29.2 Å². The van der Waals surface area contributed by atoms with Crippen LogP contribution in [0.25, 0.3) is 6.08 Å². The molecule has 1 fully saturated rings. The highest BCUT2D eigenvalue weighted by molar-refractivity contribution is 6.30. The first-order valence-corrected chi connectivity index (χ1v) is 12.2. The molecule has 0 aromatic heterocycles. The number of ether oxygens (including phenoxy) is 1. The number of hydrogen-bond donors (Lipinski definition) is 1. The number of rotatable bonds is 3. The fourth-order valence-corrected chi connectivity index (χ4v) is 5.49. The van der Waals surface area contributed by atoms with Crippen molar-refractivity contribution in [2.75, 3.05) is 13.2 Å². The number of aryl methyl sites for hydroxylation is 1. The number of carbonyl (C=O) groups is 1. The molecule has 2 aromatic carbocycles. The van der Waals surface area contributed by atoms with E-state index < -0.39 is 0 Å². The third kappa shape index (κ3) is 4.93. The maximum atomic E-state index is 12.9. The molecule has 6 heteroatoms. The molecule has 0 radical (unpaired) electrons. The van der Waals surface area contributed by atoms with Gasteiger partial charge in [0.25, 0.3) is 5.91 Å². The second-order valence-corrected chi connectivity index (χ2v) is 9.73. The van der Waals surface area contributed by atoms with Crippen molar-refractivity contribution in [3.63, 3.8) is 0 Å². The summed E-state index contributed by atoms with van der Waals surface area (Å²) in [6, 6.07) is 14.6. The average molecular weight is 462 g/mol. The molecule has 0 atom stereocenters. The van der Waals surface area contributed by atoms with E-state index in [0.717, 1.165) is 68.5 Å². The molecule has 0 spiro atoms. The fraction of sp³-hybridized carbons (Fsp3) is 0.407. The standard InChI is InChI=1S/C27H28ClN3O2/c28-23-5-10-26-20(14-23)13-22(17-33-26)27(32)30-24-6-8-25(9-7-24)31-11-1-2-19-4-3-18(15-29)12-21(19)16-31/h3-5,10,12-14,24-25H,1-2,6-9,11,16-17H2,(H,30,32). The van der Waals surface area contributed by atoms with Crippen molar-refractivity contribution in [2.24, 2.45) is 0 Å². The Morgan fingerprint density at radius 1 is 1.12 bits per heavy atom. The van der Waals surface area contributed by atoms with Gasteiger partial charge in [-0.1, -0.05) is 17.7 Å². The zero-order valence-corrected chi connectivity index (χ0v) is 19.4. The monoisotopic (exact) mass is 461 g/mol. The zero-order chi connectivity index (χ0) is 22.8. The van der Waals surface area contributed by atoms with Crippen LogP contribution in [0, 0.1) is 11.3 Å². The minimum atomic E-state index is -0.0446. The Morgan fingerprint density at radius 3 is 2.79 bits per heavy atom. The van der Waals surface area contributed by atoms with Crippen LogP contribution in [0.4, 0.5) is 0 Å². The summed E-state index contributed by atoms with van der Waals surface area (Å²) in [7, 11) is 0. The number of hydrogen-bond acceptors (Lipinski definition) is 4. The molecule has 1 amide bonds. The van der Waals surface area contributed by atoms with Crippen LogP contribution >= 0.6 is 11.6 Å². The van der Waals surface area contributed by atoms with Crippen LogP contribution in [0.3, 0.4) is 0 Å². The Balaban J connectivity index is 1.18. The number of amides is 1. The van der Waals surface area contributed by atoms with Crippen molar-refractivity contribution in [3.8, 4) is 11.8 Å². The van der Waals surface area contributed by atoms with Crippen LogP contribution in [0.1, 0.15) is 54.4 Å². The molecule has 2 aliphatic heterocycles. The van der Waals surface area contributed by atoms with Crippen LogP contribution < -0.4 is 10.1 Å². The summed E-state index contributed by atoms with van der Waals surface area (Å²) < 4.78 is 5.74. The highest BCUT2D eigenvalue weighted by Crippen LogP contribution is 2.31. The van der Waals surface area contributed by atoms with E-state index in [4.69, 9.17) is 16.3 Å². The van der Waals surface area contributed by atoms with Crippen LogP contribution in [0.5, 0.6) is 5.75 Å². The lowest BCUT2D eigenvalue weighted by molar-refractivity contribution is -0.118. The largest absolute Gasteiger partial charge is 0.488 e. The van der Waals surface area contributed by atoms with Crippen molar-refractivity contribution in [1.82, 2.24) is 10.2 Å². The molecule has 5 nitrogen and oxygen atoms in total. The summed E-state index contributed by atoms with van der Waals surface area (Å²) >= 11 is 6.09.